The van der Waals surface area contributed by atoms with Gasteiger partial charge in [0, 0.05) is 30.3 Å². The largest absolute Gasteiger partial charge is 0.464 e. The lowest BCUT2D eigenvalue weighted by atomic mass is 10.0. The summed E-state index contributed by atoms with van der Waals surface area (Å²) in [4.78, 5) is 21.4. The maximum Gasteiger partial charge on any atom is 0.389 e. The number of pyridine rings is 2. The average Bonchev–Trinajstić information content (AvgIpc) is 3.23. The number of alkyl halides is 3. The van der Waals surface area contributed by atoms with E-state index in [1.807, 2.05) is 0 Å². The molecule has 1 atom stereocenters. The SMILES string of the molecule is COC(=O)c1nn(C)c2c3ncc(Br)cc3n(C(CCC(F)(F)F)c3ncccc3C)c12. The van der Waals surface area contributed by atoms with Gasteiger partial charge in [0.15, 0.2) is 5.69 Å². The van der Waals surface area contributed by atoms with Crippen molar-refractivity contribution < 1.29 is 22.7 Å². The van der Waals surface area contributed by atoms with Crippen LogP contribution >= 0.6 is 15.9 Å². The van der Waals surface area contributed by atoms with E-state index in [9.17, 15) is 18.0 Å². The number of fused-ring (bicyclic) bond motifs is 3. The Morgan fingerprint density at radius 2 is 2.03 bits per heavy atom. The van der Waals surface area contributed by atoms with Gasteiger partial charge in [-0.2, -0.15) is 18.3 Å². The first-order valence-electron chi connectivity index (χ1n) is 9.71. The number of halogens is 4. The molecule has 4 heterocycles. The van der Waals surface area contributed by atoms with E-state index in [0.717, 1.165) is 5.56 Å². The van der Waals surface area contributed by atoms with Crippen molar-refractivity contribution in [2.75, 3.05) is 7.11 Å². The zero-order valence-electron chi connectivity index (χ0n) is 17.4. The summed E-state index contributed by atoms with van der Waals surface area (Å²) in [5.41, 5.74) is 3.18. The zero-order valence-corrected chi connectivity index (χ0v) is 19.0. The summed E-state index contributed by atoms with van der Waals surface area (Å²) in [6.07, 6.45) is -2.52. The molecule has 4 aromatic heterocycles. The second kappa shape index (κ2) is 8.19. The third-order valence-corrected chi connectivity index (χ3v) is 5.77. The molecule has 0 fully saturated rings. The van der Waals surface area contributed by atoms with Gasteiger partial charge in [0.2, 0.25) is 0 Å². The zero-order chi connectivity index (χ0) is 23.2. The molecule has 0 saturated carbocycles. The Kier molecular flexibility index (Phi) is 5.70. The van der Waals surface area contributed by atoms with Crippen molar-refractivity contribution in [3.63, 3.8) is 0 Å². The van der Waals surface area contributed by atoms with Crippen LogP contribution in [0.4, 0.5) is 13.2 Å². The van der Waals surface area contributed by atoms with Crippen LogP contribution in [0.1, 0.15) is 40.6 Å². The number of nitrogens with zero attached hydrogens (tertiary/aromatic N) is 5. The summed E-state index contributed by atoms with van der Waals surface area (Å²) in [7, 11) is 2.88. The standard InChI is InChI=1S/C21H19BrF3N5O2/c1-11-5-4-8-26-15(11)13(6-7-21(23,24)25)30-14-9-12(22)10-27-16(14)18-19(30)17(20(31)32-3)28-29(18)2/h4-5,8-10,13H,6-7H2,1-3H3. The molecule has 11 heteroatoms. The van der Waals surface area contributed by atoms with E-state index >= 15 is 0 Å². The van der Waals surface area contributed by atoms with Crippen LogP contribution in [0.3, 0.4) is 0 Å². The van der Waals surface area contributed by atoms with E-state index in [1.165, 1.54) is 11.8 Å². The van der Waals surface area contributed by atoms with Gasteiger partial charge >= 0.3 is 12.1 Å². The molecule has 4 aromatic rings. The monoisotopic (exact) mass is 509 g/mol. The fraction of sp³-hybridized carbons (Fsp3) is 0.333. The Balaban J connectivity index is 2.11. The van der Waals surface area contributed by atoms with Crippen molar-refractivity contribution in [3.8, 4) is 0 Å². The van der Waals surface area contributed by atoms with Crippen LogP contribution in [0, 0.1) is 6.92 Å². The van der Waals surface area contributed by atoms with Gasteiger partial charge in [0.1, 0.15) is 16.6 Å². The molecule has 0 N–H and O–H groups in total. The van der Waals surface area contributed by atoms with Crippen LogP contribution in [0.2, 0.25) is 0 Å². The molecule has 0 spiro atoms. The van der Waals surface area contributed by atoms with Crippen LogP contribution in [-0.4, -0.2) is 43.6 Å². The minimum atomic E-state index is -4.36. The molecule has 7 nitrogen and oxygen atoms in total. The molecule has 0 aromatic carbocycles. The van der Waals surface area contributed by atoms with Crippen molar-refractivity contribution in [2.45, 2.75) is 32.0 Å². The Morgan fingerprint density at radius 3 is 2.69 bits per heavy atom. The highest BCUT2D eigenvalue weighted by atomic mass is 79.9. The van der Waals surface area contributed by atoms with Gasteiger partial charge in [-0.15, -0.1) is 0 Å². The highest BCUT2D eigenvalue weighted by Crippen LogP contribution is 2.39. The maximum atomic E-state index is 13.3. The number of ether oxygens (including phenoxy) is 1. The van der Waals surface area contributed by atoms with E-state index in [4.69, 9.17) is 4.74 Å². The molecule has 4 rings (SSSR count). The number of carbonyl (C=O) groups excluding carboxylic acids is 1. The van der Waals surface area contributed by atoms with Gasteiger partial charge in [-0.1, -0.05) is 6.07 Å². The Hall–Kier alpha value is -2.95. The lowest BCUT2D eigenvalue weighted by molar-refractivity contribution is -0.136. The summed E-state index contributed by atoms with van der Waals surface area (Å²) in [6.45, 7) is 1.80. The van der Waals surface area contributed by atoms with Crippen molar-refractivity contribution in [3.05, 3.63) is 52.0 Å². The van der Waals surface area contributed by atoms with E-state index in [0.29, 0.717) is 32.2 Å². The second-order valence-electron chi connectivity index (χ2n) is 7.43. The minimum Gasteiger partial charge on any atom is -0.464 e. The minimum absolute atomic E-state index is 0.00437. The molecular formula is C21H19BrF3N5O2. The van der Waals surface area contributed by atoms with Gasteiger partial charge in [0.25, 0.3) is 0 Å². The smallest absolute Gasteiger partial charge is 0.389 e. The molecule has 0 saturated heterocycles. The van der Waals surface area contributed by atoms with Crippen molar-refractivity contribution in [2.24, 2.45) is 7.05 Å². The normalized spacial score (nSPS) is 13.1. The Bertz CT molecular complexity index is 1330. The van der Waals surface area contributed by atoms with Gasteiger partial charge < -0.3 is 9.30 Å². The van der Waals surface area contributed by atoms with E-state index in [1.54, 1.807) is 49.1 Å². The number of carbonyl (C=O) groups is 1. The summed E-state index contributed by atoms with van der Waals surface area (Å²) in [5, 5.41) is 4.29. The maximum absolute atomic E-state index is 13.3. The summed E-state index contributed by atoms with van der Waals surface area (Å²) >= 11 is 3.40. The van der Waals surface area contributed by atoms with E-state index in [-0.39, 0.29) is 12.1 Å². The number of hydrogen-bond acceptors (Lipinski definition) is 5. The highest BCUT2D eigenvalue weighted by Gasteiger charge is 2.34. The topological polar surface area (TPSA) is 74.8 Å². The van der Waals surface area contributed by atoms with Crippen LogP contribution in [0.25, 0.3) is 22.1 Å². The van der Waals surface area contributed by atoms with Crippen molar-refractivity contribution >= 4 is 44.0 Å². The number of rotatable bonds is 5. The van der Waals surface area contributed by atoms with Gasteiger partial charge in [0.05, 0.1) is 24.4 Å². The third-order valence-electron chi connectivity index (χ3n) is 5.34. The van der Waals surface area contributed by atoms with Crippen LogP contribution in [-0.2, 0) is 11.8 Å². The second-order valence-corrected chi connectivity index (χ2v) is 8.34. The number of methoxy groups -OCH3 is 1. The molecule has 168 valence electrons. The van der Waals surface area contributed by atoms with Gasteiger partial charge in [-0.3, -0.25) is 14.6 Å². The number of aryl methyl sites for hydroxylation is 2. The molecule has 32 heavy (non-hydrogen) atoms. The van der Waals surface area contributed by atoms with E-state index in [2.05, 4.69) is 31.0 Å². The average molecular weight is 510 g/mol. The fourth-order valence-corrected chi connectivity index (χ4v) is 4.33. The van der Waals surface area contributed by atoms with Crippen LogP contribution in [0.5, 0.6) is 0 Å². The molecule has 0 aliphatic heterocycles. The van der Waals surface area contributed by atoms with Gasteiger partial charge in [-0.25, -0.2) is 4.79 Å². The number of esters is 1. The summed E-state index contributed by atoms with van der Waals surface area (Å²) < 4.78 is 48.6. The lowest BCUT2D eigenvalue weighted by Gasteiger charge is -2.23. The first-order chi connectivity index (χ1) is 15.1. The fourth-order valence-electron chi connectivity index (χ4n) is 4.01. The molecule has 0 radical (unpaired) electrons. The predicted molar refractivity (Wildman–Crippen MR) is 115 cm³/mol. The van der Waals surface area contributed by atoms with Crippen LogP contribution in [0.15, 0.2) is 35.1 Å². The highest BCUT2D eigenvalue weighted by molar-refractivity contribution is 9.10. The molecule has 0 amide bonds. The first kappa shape index (κ1) is 22.3. The van der Waals surface area contributed by atoms with Crippen molar-refractivity contribution in [1.29, 1.82) is 0 Å². The Labute approximate surface area is 189 Å². The molecule has 1 unspecified atom stereocenters. The summed E-state index contributed by atoms with van der Waals surface area (Å²) in [6, 6.07) is 4.47. The number of aromatic nitrogens is 5. The molecule has 0 aliphatic carbocycles. The predicted octanol–water partition coefficient (Wildman–Crippen LogP) is 5.11. The van der Waals surface area contributed by atoms with Gasteiger partial charge in [-0.05, 0) is 47.0 Å². The van der Waals surface area contributed by atoms with Crippen molar-refractivity contribution in [1.82, 2.24) is 24.3 Å². The first-order valence-corrected chi connectivity index (χ1v) is 10.5. The summed E-state index contributed by atoms with van der Waals surface area (Å²) in [5.74, 6) is -0.689. The molecule has 0 bridgehead atoms. The van der Waals surface area contributed by atoms with Crippen LogP contribution < -0.4 is 0 Å². The quantitative estimate of drug-likeness (QED) is 0.349. The Morgan fingerprint density at radius 1 is 1.28 bits per heavy atom. The lowest BCUT2D eigenvalue weighted by Crippen LogP contribution is -2.18. The number of hydrogen-bond donors (Lipinski definition) is 0. The molecule has 0 aliphatic rings. The van der Waals surface area contributed by atoms with E-state index < -0.39 is 24.6 Å². The molecular weight excluding hydrogens is 491 g/mol. The third kappa shape index (κ3) is 3.85.